The van der Waals surface area contributed by atoms with Gasteiger partial charge in [0.25, 0.3) is 0 Å². The van der Waals surface area contributed by atoms with Gasteiger partial charge in [0.1, 0.15) is 11.8 Å². The molecule has 1 atom stereocenters. The summed E-state index contributed by atoms with van der Waals surface area (Å²) >= 11 is 0. The van der Waals surface area contributed by atoms with Crippen molar-refractivity contribution in [1.82, 2.24) is 15.5 Å². The largest absolute Gasteiger partial charge is 0.497 e. The third kappa shape index (κ3) is 7.79. The topological polar surface area (TPSA) is 70.7 Å². The minimum atomic E-state index is -0.629. The zero-order valence-electron chi connectivity index (χ0n) is 17.4. The molecule has 2 rings (SSSR count). The maximum atomic E-state index is 12.2. The van der Waals surface area contributed by atoms with Crippen molar-refractivity contribution in [1.29, 1.82) is 0 Å². The van der Waals surface area contributed by atoms with Gasteiger partial charge in [0, 0.05) is 19.2 Å². The molecule has 2 amide bonds. The Morgan fingerprint density at radius 3 is 2.24 bits per heavy atom. The van der Waals surface area contributed by atoms with E-state index in [0.717, 1.165) is 23.4 Å². The van der Waals surface area contributed by atoms with Crippen LogP contribution in [-0.2, 0) is 22.7 Å². The summed E-state index contributed by atoms with van der Waals surface area (Å²) in [4.78, 5) is 26.4. The Morgan fingerprint density at radius 2 is 1.66 bits per heavy atom. The van der Waals surface area contributed by atoms with Crippen molar-refractivity contribution in [3.63, 3.8) is 0 Å². The summed E-state index contributed by atoms with van der Waals surface area (Å²) in [5.74, 6) is 0.203. The van der Waals surface area contributed by atoms with Crippen molar-refractivity contribution >= 4 is 17.9 Å². The molecule has 0 aliphatic rings. The molecule has 6 nitrogen and oxygen atoms in total. The van der Waals surface area contributed by atoms with Gasteiger partial charge in [0.2, 0.25) is 11.8 Å². The summed E-state index contributed by atoms with van der Waals surface area (Å²) in [5, 5.41) is 5.52. The predicted molar refractivity (Wildman–Crippen MR) is 115 cm³/mol. The van der Waals surface area contributed by atoms with Gasteiger partial charge in [0.15, 0.2) is 0 Å². The summed E-state index contributed by atoms with van der Waals surface area (Å²) in [5.41, 5.74) is 3.10. The summed E-state index contributed by atoms with van der Waals surface area (Å²) in [6, 6.07) is 14.8. The minimum Gasteiger partial charge on any atom is -0.497 e. The summed E-state index contributed by atoms with van der Waals surface area (Å²) in [6.45, 7) is 2.96. The molecule has 0 radical (unpaired) electrons. The first kappa shape index (κ1) is 22.2. The molecule has 0 spiro atoms. The first-order chi connectivity index (χ1) is 13.9. The van der Waals surface area contributed by atoms with Gasteiger partial charge in [-0.15, -0.1) is 0 Å². The van der Waals surface area contributed by atoms with Gasteiger partial charge in [0.05, 0.1) is 7.11 Å². The molecule has 2 aromatic rings. The number of nitrogens with zero attached hydrogens (tertiary/aromatic N) is 1. The van der Waals surface area contributed by atoms with Crippen molar-refractivity contribution < 1.29 is 14.3 Å². The zero-order chi connectivity index (χ0) is 21.2. The lowest BCUT2D eigenvalue weighted by molar-refractivity contribution is -0.126. The average Bonchev–Trinajstić information content (AvgIpc) is 2.71. The van der Waals surface area contributed by atoms with E-state index in [2.05, 4.69) is 27.7 Å². The van der Waals surface area contributed by atoms with Gasteiger partial charge in [-0.2, -0.15) is 0 Å². The smallest absolute Gasteiger partial charge is 0.244 e. The van der Waals surface area contributed by atoms with E-state index in [-0.39, 0.29) is 11.8 Å². The molecular weight excluding hydrogens is 366 g/mol. The Hall–Kier alpha value is -3.12. The van der Waals surface area contributed by atoms with Crippen molar-refractivity contribution in [2.75, 3.05) is 21.2 Å². The van der Waals surface area contributed by atoms with E-state index in [0.29, 0.717) is 6.54 Å². The molecule has 0 aliphatic heterocycles. The molecule has 2 N–H and O–H groups in total. The third-order valence-corrected chi connectivity index (χ3v) is 4.28. The van der Waals surface area contributed by atoms with Crippen LogP contribution in [-0.4, -0.2) is 44.0 Å². The van der Waals surface area contributed by atoms with Gasteiger partial charge in [-0.05, 0) is 55.9 Å². The quantitative estimate of drug-likeness (QED) is 0.641. The lowest BCUT2D eigenvalue weighted by atomic mass is 10.1. The molecular formula is C23H29N3O3. The molecule has 0 saturated heterocycles. The molecule has 0 saturated carbocycles. The van der Waals surface area contributed by atoms with Gasteiger partial charge >= 0.3 is 0 Å². The number of carbonyl (C=O) groups excluding carboxylic acids is 2. The molecule has 1 unspecified atom stereocenters. The second-order valence-electron chi connectivity index (χ2n) is 7.11. The number of ether oxygens (including phenoxy) is 1. The van der Waals surface area contributed by atoms with Crippen LogP contribution in [0.3, 0.4) is 0 Å². The van der Waals surface area contributed by atoms with E-state index in [4.69, 9.17) is 4.74 Å². The monoisotopic (exact) mass is 395 g/mol. The minimum absolute atomic E-state index is 0.228. The fourth-order valence-corrected chi connectivity index (χ4v) is 2.68. The number of nitrogens with one attached hydrogen (secondary N) is 2. The van der Waals surface area contributed by atoms with Crippen molar-refractivity contribution in [3.8, 4) is 5.75 Å². The lowest BCUT2D eigenvalue weighted by Gasteiger charge is -2.14. The number of methoxy groups -OCH3 is 1. The number of carbonyl (C=O) groups is 2. The van der Waals surface area contributed by atoms with Crippen LogP contribution in [0.15, 0.2) is 54.6 Å². The van der Waals surface area contributed by atoms with Crippen LogP contribution in [0.1, 0.15) is 23.6 Å². The molecule has 29 heavy (non-hydrogen) atoms. The first-order valence-electron chi connectivity index (χ1n) is 9.50. The van der Waals surface area contributed by atoms with E-state index < -0.39 is 6.04 Å². The highest BCUT2D eigenvalue weighted by Crippen LogP contribution is 2.12. The van der Waals surface area contributed by atoms with Crippen molar-refractivity contribution in [3.05, 3.63) is 71.3 Å². The molecule has 6 heteroatoms. The molecule has 0 aliphatic carbocycles. The molecule has 154 valence electrons. The first-order valence-corrected chi connectivity index (χ1v) is 9.50. The molecule has 2 aromatic carbocycles. The third-order valence-electron chi connectivity index (χ3n) is 4.28. The lowest BCUT2D eigenvalue weighted by Crippen LogP contribution is -2.44. The highest BCUT2D eigenvalue weighted by molar-refractivity contribution is 5.95. The maximum absolute atomic E-state index is 12.2. The highest BCUT2D eigenvalue weighted by atomic mass is 16.5. The fourth-order valence-electron chi connectivity index (χ4n) is 2.68. The molecule has 0 bridgehead atoms. The Balaban J connectivity index is 1.78. The number of benzene rings is 2. The van der Waals surface area contributed by atoms with Crippen LogP contribution in [0.2, 0.25) is 0 Å². The van der Waals surface area contributed by atoms with Crippen LogP contribution < -0.4 is 15.4 Å². The van der Waals surface area contributed by atoms with Gasteiger partial charge in [-0.25, -0.2) is 0 Å². The Morgan fingerprint density at radius 1 is 1.03 bits per heavy atom. The van der Waals surface area contributed by atoms with E-state index in [1.165, 1.54) is 11.6 Å². The van der Waals surface area contributed by atoms with Crippen LogP contribution in [0.4, 0.5) is 0 Å². The Bertz CT molecular complexity index is 827. The predicted octanol–water partition coefficient (Wildman–Crippen LogP) is 2.59. The van der Waals surface area contributed by atoms with Crippen LogP contribution in [0.25, 0.3) is 6.08 Å². The van der Waals surface area contributed by atoms with Gasteiger partial charge in [-0.3, -0.25) is 9.59 Å². The Labute approximate surface area is 172 Å². The van der Waals surface area contributed by atoms with Gasteiger partial charge < -0.3 is 20.3 Å². The zero-order valence-corrected chi connectivity index (χ0v) is 17.4. The molecule has 0 fully saturated rings. The highest BCUT2D eigenvalue weighted by Gasteiger charge is 2.13. The summed E-state index contributed by atoms with van der Waals surface area (Å²) in [7, 11) is 5.65. The maximum Gasteiger partial charge on any atom is 0.244 e. The van der Waals surface area contributed by atoms with Crippen LogP contribution in [0.5, 0.6) is 5.75 Å². The van der Waals surface area contributed by atoms with E-state index >= 15 is 0 Å². The van der Waals surface area contributed by atoms with E-state index in [1.54, 1.807) is 20.1 Å². The number of hydrogen-bond acceptors (Lipinski definition) is 4. The van der Waals surface area contributed by atoms with Crippen LogP contribution >= 0.6 is 0 Å². The number of hydrogen-bond donors (Lipinski definition) is 2. The Kier molecular flexibility index (Phi) is 8.43. The van der Waals surface area contributed by atoms with Crippen molar-refractivity contribution in [2.24, 2.45) is 0 Å². The SMILES string of the molecule is COc1ccc(/C=C/C(=O)NC(C)C(=O)NCc2ccc(CN(C)C)cc2)cc1. The molecule has 0 aromatic heterocycles. The van der Waals surface area contributed by atoms with E-state index in [1.807, 2.05) is 50.5 Å². The molecule has 0 heterocycles. The average molecular weight is 396 g/mol. The standard InChI is InChI=1S/C23H29N3O3/c1-17(25-22(27)14-11-18-9-12-21(29-4)13-10-18)23(28)24-15-19-5-7-20(8-6-19)16-26(2)3/h5-14,17H,15-16H2,1-4H3,(H,24,28)(H,25,27)/b14-11+. The van der Waals surface area contributed by atoms with E-state index in [9.17, 15) is 9.59 Å². The van der Waals surface area contributed by atoms with Gasteiger partial charge in [-0.1, -0.05) is 36.4 Å². The summed E-state index contributed by atoms with van der Waals surface area (Å²) < 4.78 is 5.10. The second kappa shape index (κ2) is 11.0. The van der Waals surface area contributed by atoms with Crippen LogP contribution in [0, 0.1) is 0 Å². The second-order valence-corrected chi connectivity index (χ2v) is 7.11. The summed E-state index contributed by atoms with van der Waals surface area (Å²) in [6.07, 6.45) is 3.10. The number of rotatable bonds is 9. The normalized spacial score (nSPS) is 12.0. The van der Waals surface area contributed by atoms with Crippen molar-refractivity contribution in [2.45, 2.75) is 26.1 Å². The number of amides is 2. The fraction of sp³-hybridized carbons (Fsp3) is 0.304.